The van der Waals surface area contributed by atoms with Crippen molar-refractivity contribution >= 4 is 34.3 Å². The number of fused-ring (bicyclic) bond motifs is 1. The van der Waals surface area contributed by atoms with Gasteiger partial charge >= 0.3 is 0 Å². The van der Waals surface area contributed by atoms with Gasteiger partial charge in [-0.15, -0.1) is 0 Å². The van der Waals surface area contributed by atoms with Crippen LogP contribution in [0.1, 0.15) is 23.6 Å². The quantitative estimate of drug-likeness (QED) is 0.688. The molecule has 2 aromatic carbocycles. The van der Waals surface area contributed by atoms with Crippen LogP contribution >= 0.6 is 11.8 Å². The molecule has 1 atom stereocenters. The Morgan fingerprint density at radius 3 is 2.86 bits per heavy atom. The van der Waals surface area contributed by atoms with Gasteiger partial charge in [0.1, 0.15) is 11.9 Å². The first-order valence-corrected chi connectivity index (χ1v) is 10.3. The van der Waals surface area contributed by atoms with Crippen LogP contribution in [0, 0.1) is 5.82 Å². The number of nitrogens with zero attached hydrogens (tertiary/aromatic N) is 5. The number of halogens is 1. The van der Waals surface area contributed by atoms with Crippen LogP contribution in [-0.4, -0.2) is 37.7 Å². The number of hydrogen-bond donors (Lipinski definition) is 2. The lowest BCUT2D eigenvalue weighted by Crippen LogP contribution is -2.20. The minimum Gasteiger partial charge on any atom is -0.335 e. The molecule has 146 valence electrons. The number of aromatic nitrogens is 4. The van der Waals surface area contributed by atoms with Gasteiger partial charge in [-0.25, -0.2) is 4.39 Å². The molecule has 7 nitrogen and oxygen atoms in total. The van der Waals surface area contributed by atoms with E-state index in [2.05, 4.69) is 31.2 Å². The van der Waals surface area contributed by atoms with E-state index in [0.29, 0.717) is 5.95 Å². The highest BCUT2D eigenvalue weighted by Gasteiger charge is 2.24. The van der Waals surface area contributed by atoms with Gasteiger partial charge in [0, 0.05) is 23.7 Å². The number of tetrazole rings is 1. The van der Waals surface area contributed by atoms with Gasteiger partial charge in [-0.1, -0.05) is 41.1 Å². The summed E-state index contributed by atoms with van der Waals surface area (Å²) in [6.45, 7) is 0.875. The van der Waals surface area contributed by atoms with Crippen LogP contribution < -0.4 is 10.6 Å². The molecule has 2 aliphatic heterocycles. The fourth-order valence-corrected chi connectivity index (χ4v) is 4.18. The lowest BCUT2D eigenvalue weighted by Gasteiger charge is -2.23. The molecule has 5 rings (SSSR count). The van der Waals surface area contributed by atoms with Crippen LogP contribution in [0.3, 0.4) is 0 Å². The van der Waals surface area contributed by atoms with E-state index in [1.807, 2.05) is 36.4 Å². The lowest BCUT2D eigenvalue weighted by molar-refractivity contribution is 0.576. The molecule has 0 bridgehead atoms. The fraction of sp³-hybridized carbons (Fsp3) is 0.200. The molecule has 0 amide bonds. The van der Waals surface area contributed by atoms with E-state index in [1.165, 1.54) is 12.1 Å². The second kappa shape index (κ2) is 7.67. The van der Waals surface area contributed by atoms with Gasteiger partial charge in [-0.3, -0.25) is 4.99 Å². The summed E-state index contributed by atoms with van der Waals surface area (Å²) in [5, 5.41) is 19.4. The number of benzene rings is 2. The van der Waals surface area contributed by atoms with Gasteiger partial charge in [0.2, 0.25) is 5.95 Å². The Kier molecular flexibility index (Phi) is 4.73. The van der Waals surface area contributed by atoms with Crippen LogP contribution in [0.25, 0.3) is 5.70 Å². The summed E-state index contributed by atoms with van der Waals surface area (Å²) in [5.41, 5.74) is 3.63. The maximum Gasteiger partial charge on any atom is 0.248 e. The number of rotatable bonds is 3. The van der Waals surface area contributed by atoms with E-state index in [4.69, 9.17) is 0 Å². The van der Waals surface area contributed by atoms with Crippen molar-refractivity contribution in [2.24, 2.45) is 4.99 Å². The summed E-state index contributed by atoms with van der Waals surface area (Å²) in [5.74, 6) is 1.33. The highest BCUT2D eigenvalue weighted by molar-refractivity contribution is 8.14. The van der Waals surface area contributed by atoms with Crippen molar-refractivity contribution in [3.63, 3.8) is 0 Å². The number of aliphatic imine (C=N–C) groups is 1. The highest BCUT2D eigenvalue weighted by Crippen LogP contribution is 2.32. The summed E-state index contributed by atoms with van der Waals surface area (Å²) in [4.78, 5) is 4.50. The molecule has 0 unspecified atom stereocenters. The molecular weight excluding hydrogens is 389 g/mol. The van der Waals surface area contributed by atoms with E-state index in [0.717, 1.165) is 46.4 Å². The minimum absolute atomic E-state index is 0.287. The fourth-order valence-electron chi connectivity index (χ4n) is 3.34. The second-order valence-electron chi connectivity index (χ2n) is 6.74. The third-order valence-electron chi connectivity index (χ3n) is 4.76. The Morgan fingerprint density at radius 1 is 1.17 bits per heavy atom. The Balaban J connectivity index is 1.43. The SMILES string of the molecule is Fc1cccc([C@H]2C=C(c3ccc(NC4=NCCCS4)cc3)Nc3nnnn32)c1. The normalized spacial score (nSPS) is 18.3. The van der Waals surface area contributed by atoms with E-state index in [1.54, 1.807) is 22.5 Å². The van der Waals surface area contributed by atoms with Crippen LogP contribution in [0.2, 0.25) is 0 Å². The molecule has 9 heteroatoms. The number of thioether (sulfide) groups is 1. The summed E-state index contributed by atoms with van der Waals surface area (Å²) in [7, 11) is 0. The summed E-state index contributed by atoms with van der Waals surface area (Å²) in [6.07, 6.45) is 3.13. The zero-order valence-electron chi connectivity index (χ0n) is 15.4. The molecule has 2 aliphatic rings. The predicted octanol–water partition coefficient (Wildman–Crippen LogP) is 3.77. The molecule has 1 aromatic heterocycles. The zero-order valence-corrected chi connectivity index (χ0v) is 16.2. The first-order valence-electron chi connectivity index (χ1n) is 9.33. The third kappa shape index (κ3) is 3.73. The molecule has 0 aliphatic carbocycles. The van der Waals surface area contributed by atoms with Crippen molar-refractivity contribution in [3.8, 4) is 0 Å². The van der Waals surface area contributed by atoms with Gasteiger partial charge in [0.05, 0.1) is 0 Å². The standard InChI is InChI=1S/C20H18FN7S/c21-15-4-1-3-14(11-15)18-12-17(24-19-25-26-27-28(18)19)13-5-7-16(8-6-13)23-20-22-9-2-10-29-20/h1,3-8,11-12,18H,2,9-10H2,(H,22,23)(H,24,25,27)/t18-/m1/s1. The van der Waals surface area contributed by atoms with Gasteiger partial charge in [0.15, 0.2) is 5.17 Å². The summed E-state index contributed by atoms with van der Waals surface area (Å²) >= 11 is 1.74. The molecule has 0 spiro atoms. The number of nitrogens with one attached hydrogen (secondary N) is 2. The Bertz CT molecular complexity index is 1090. The molecule has 0 saturated carbocycles. The summed E-state index contributed by atoms with van der Waals surface area (Å²) in [6, 6.07) is 14.3. The maximum atomic E-state index is 13.8. The van der Waals surface area contributed by atoms with Crippen molar-refractivity contribution in [3.05, 3.63) is 71.6 Å². The molecule has 0 radical (unpaired) electrons. The molecular formula is C20H18FN7S. The molecule has 3 aromatic rings. The Labute approximate surface area is 171 Å². The molecule has 3 heterocycles. The molecule has 0 saturated heterocycles. The van der Waals surface area contributed by atoms with E-state index in [9.17, 15) is 4.39 Å². The summed E-state index contributed by atoms with van der Waals surface area (Å²) < 4.78 is 15.4. The van der Waals surface area contributed by atoms with Gasteiger partial charge in [-0.2, -0.15) is 4.68 Å². The maximum absolute atomic E-state index is 13.8. The minimum atomic E-state index is -0.294. The zero-order chi connectivity index (χ0) is 19.6. The van der Waals surface area contributed by atoms with Crippen molar-refractivity contribution in [1.82, 2.24) is 20.2 Å². The van der Waals surface area contributed by atoms with Crippen molar-refractivity contribution in [2.75, 3.05) is 22.9 Å². The van der Waals surface area contributed by atoms with Crippen molar-refractivity contribution in [1.29, 1.82) is 0 Å². The number of hydrogen-bond acceptors (Lipinski definition) is 7. The number of amidine groups is 1. The smallest absolute Gasteiger partial charge is 0.248 e. The topological polar surface area (TPSA) is 80.0 Å². The van der Waals surface area contributed by atoms with Crippen LogP contribution in [0.15, 0.2) is 59.6 Å². The first kappa shape index (κ1) is 17.9. The van der Waals surface area contributed by atoms with E-state index in [-0.39, 0.29) is 11.9 Å². The van der Waals surface area contributed by atoms with Gasteiger partial charge < -0.3 is 10.6 Å². The van der Waals surface area contributed by atoms with Gasteiger partial charge in [-0.05, 0) is 58.3 Å². The van der Waals surface area contributed by atoms with Gasteiger partial charge in [0.25, 0.3) is 0 Å². The van der Waals surface area contributed by atoms with Crippen LogP contribution in [-0.2, 0) is 0 Å². The van der Waals surface area contributed by atoms with E-state index < -0.39 is 0 Å². The van der Waals surface area contributed by atoms with Crippen LogP contribution in [0.5, 0.6) is 0 Å². The number of anilines is 2. The first-order chi connectivity index (χ1) is 14.3. The molecule has 2 N–H and O–H groups in total. The largest absolute Gasteiger partial charge is 0.335 e. The van der Waals surface area contributed by atoms with Crippen molar-refractivity contribution < 1.29 is 4.39 Å². The highest BCUT2D eigenvalue weighted by atomic mass is 32.2. The van der Waals surface area contributed by atoms with E-state index >= 15 is 0 Å². The second-order valence-corrected chi connectivity index (χ2v) is 7.83. The molecule has 29 heavy (non-hydrogen) atoms. The average Bonchev–Trinajstić information content (AvgIpc) is 3.23. The lowest BCUT2D eigenvalue weighted by atomic mass is 10.0. The Hall–Kier alpha value is -3.20. The monoisotopic (exact) mass is 407 g/mol. The van der Waals surface area contributed by atoms with Crippen LogP contribution in [0.4, 0.5) is 16.0 Å². The average molecular weight is 407 g/mol. The third-order valence-corrected chi connectivity index (χ3v) is 5.76. The Morgan fingerprint density at radius 2 is 2.07 bits per heavy atom. The molecule has 0 fully saturated rings. The number of allylic oxidation sites excluding steroid dienone is 1. The predicted molar refractivity (Wildman–Crippen MR) is 113 cm³/mol. The van der Waals surface area contributed by atoms with Crippen molar-refractivity contribution in [2.45, 2.75) is 12.5 Å².